The maximum absolute atomic E-state index is 13.2. The molecule has 0 radical (unpaired) electrons. The Balaban J connectivity index is 1.27. The van der Waals surface area contributed by atoms with Gasteiger partial charge in [0.15, 0.2) is 5.82 Å². The molecule has 0 bridgehead atoms. The molecule has 8 nitrogen and oxygen atoms in total. The fraction of sp³-hybridized carbons (Fsp3) is 0.0400. The summed E-state index contributed by atoms with van der Waals surface area (Å²) in [6, 6.07) is 16.9. The number of imide groups is 1. The minimum Gasteiger partial charge on any atom is -0.457 e. The van der Waals surface area contributed by atoms with Gasteiger partial charge in [0.2, 0.25) is 0 Å². The van der Waals surface area contributed by atoms with Crippen molar-refractivity contribution in [1.82, 2.24) is 20.1 Å². The van der Waals surface area contributed by atoms with E-state index >= 15 is 0 Å². The highest BCUT2D eigenvalue weighted by atomic mass is 32.2. The second-order valence-electron chi connectivity index (χ2n) is 7.55. The average molecular weight is 489 g/mol. The van der Waals surface area contributed by atoms with Crippen LogP contribution in [0.4, 0.5) is 9.18 Å². The molecule has 2 aromatic heterocycles. The smallest absolute Gasteiger partial charge is 0.343 e. The fourth-order valence-electron chi connectivity index (χ4n) is 3.49. The molecule has 1 aliphatic rings. The van der Waals surface area contributed by atoms with E-state index in [9.17, 15) is 18.8 Å². The van der Waals surface area contributed by atoms with E-state index in [2.05, 4.69) is 15.5 Å². The van der Waals surface area contributed by atoms with Crippen LogP contribution in [0.5, 0.6) is 0 Å². The van der Waals surface area contributed by atoms with Crippen molar-refractivity contribution in [3.63, 3.8) is 0 Å². The largest absolute Gasteiger partial charge is 0.457 e. The molecule has 0 spiro atoms. The number of carbonyl (C=O) groups excluding carboxylic acids is 2. The highest BCUT2D eigenvalue weighted by molar-refractivity contribution is 8.18. The first-order valence-corrected chi connectivity index (χ1v) is 11.3. The minimum atomic E-state index is -0.434. The highest BCUT2D eigenvalue weighted by Crippen LogP contribution is 2.28. The van der Waals surface area contributed by atoms with Gasteiger partial charge in [0.1, 0.15) is 17.3 Å². The molecule has 2 amide bonds. The Bertz CT molecular complexity index is 1530. The van der Waals surface area contributed by atoms with Crippen LogP contribution in [0.15, 0.2) is 80.9 Å². The lowest BCUT2D eigenvalue weighted by Crippen LogP contribution is -2.17. The monoisotopic (exact) mass is 488 g/mol. The van der Waals surface area contributed by atoms with Crippen molar-refractivity contribution < 1.29 is 18.4 Å². The molecule has 4 aromatic rings. The molecule has 0 unspecified atom stereocenters. The summed E-state index contributed by atoms with van der Waals surface area (Å²) in [4.78, 5) is 35.4. The first kappa shape index (κ1) is 22.4. The van der Waals surface area contributed by atoms with Crippen molar-refractivity contribution >= 4 is 35.1 Å². The maximum Gasteiger partial charge on any atom is 0.343 e. The lowest BCUT2D eigenvalue weighted by Gasteiger charge is -2.03. The van der Waals surface area contributed by atoms with Gasteiger partial charge < -0.3 is 4.42 Å². The first-order chi connectivity index (χ1) is 17.0. The van der Waals surface area contributed by atoms with Gasteiger partial charge in [0, 0.05) is 23.7 Å². The predicted molar refractivity (Wildman–Crippen MR) is 131 cm³/mol. The Hall–Kier alpha value is -4.44. The van der Waals surface area contributed by atoms with Crippen LogP contribution in [0.25, 0.3) is 34.9 Å². The number of nitrogens with zero attached hydrogens (tertiary/aromatic N) is 2. The average Bonchev–Trinajstić information content (AvgIpc) is 3.55. The van der Waals surface area contributed by atoms with Crippen LogP contribution in [0.3, 0.4) is 0 Å². The van der Waals surface area contributed by atoms with Crippen molar-refractivity contribution in [2.75, 3.05) is 0 Å². The van der Waals surface area contributed by atoms with Crippen LogP contribution >= 0.6 is 11.8 Å². The van der Waals surface area contributed by atoms with Crippen molar-refractivity contribution in [3.8, 4) is 22.7 Å². The third kappa shape index (κ3) is 4.92. The van der Waals surface area contributed by atoms with Crippen LogP contribution in [-0.2, 0) is 11.3 Å². The molecule has 174 valence electrons. The van der Waals surface area contributed by atoms with Crippen LogP contribution in [-0.4, -0.2) is 25.9 Å². The number of hydrogen-bond donors (Lipinski definition) is 2. The third-order valence-corrected chi connectivity index (χ3v) is 6.01. The lowest BCUT2D eigenvalue weighted by atomic mass is 10.1. The van der Waals surface area contributed by atoms with Gasteiger partial charge in [-0.2, -0.15) is 5.10 Å². The molecule has 0 atom stereocenters. The molecule has 1 saturated heterocycles. The van der Waals surface area contributed by atoms with Gasteiger partial charge in [-0.05, 0) is 53.7 Å². The van der Waals surface area contributed by atoms with E-state index in [1.807, 2.05) is 36.4 Å². The summed E-state index contributed by atoms with van der Waals surface area (Å²) in [5, 5.41) is 8.27. The van der Waals surface area contributed by atoms with Crippen LogP contribution in [0.1, 0.15) is 11.3 Å². The Morgan fingerprint density at radius 1 is 0.971 bits per heavy atom. The number of thioether (sulfide) groups is 1. The van der Waals surface area contributed by atoms with Gasteiger partial charge in [-0.25, -0.2) is 14.3 Å². The molecule has 2 aromatic carbocycles. The van der Waals surface area contributed by atoms with E-state index < -0.39 is 11.1 Å². The normalized spacial score (nSPS) is 14.8. The SMILES string of the molecule is O=C1NC(=O)C(=Cc2ccc(-c3ccc(C=CCn4c(-c5ccc(F)cc5)n[nH]c4=O)cc3)o2)S1. The summed E-state index contributed by atoms with van der Waals surface area (Å²) in [5.41, 5.74) is 2.04. The number of allylic oxidation sites excluding steroid dienone is 1. The molecule has 0 saturated carbocycles. The predicted octanol–water partition coefficient (Wildman–Crippen LogP) is 4.67. The number of aromatic nitrogens is 3. The Morgan fingerprint density at radius 3 is 2.43 bits per heavy atom. The summed E-state index contributed by atoms with van der Waals surface area (Å²) >= 11 is 0.835. The number of carbonyl (C=O) groups is 2. The molecule has 2 N–H and O–H groups in total. The van der Waals surface area contributed by atoms with E-state index in [1.165, 1.54) is 22.8 Å². The fourth-order valence-corrected chi connectivity index (χ4v) is 4.16. The number of halogens is 1. The van der Waals surface area contributed by atoms with Crippen molar-refractivity contribution in [3.05, 3.63) is 99.3 Å². The summed E-state index contributed by atoms with van der Waals surface area (Å²) in [6.45, 7) is 0.286. The molecular weight excluding hydrogens is 471 g/mol. The second kappa shape index (κ2) is 9.43. The van der Waals surface area contributed by atoms with Gasteiger partial charge in [-0.1, -0.05) is 36.4 Å². The number of furan rings is 1. The number of rotatable bonds is 6. The Kier molecular flexibility index (Phi) is 6.02. The first-order valence-electron chi connectivity index (χ1n) is 10.5. The molecule has 35 heavy (non-hydrogen) atoms. The van der Waals surface area contributed by atoms with E-state index in [-0.39, 0.29) is 23.0 Å². The van der Waals surface area contributed by atoms with Gasteiger partial charge >= 0.3 is 5.69 Å². The summed E-state index contributed by atoms with van der Waals surface area (Å²) < 4.78 is 20.5. The zero-order chi connectivity index (χ0) is 24.4. The van der Waals surface area contributed by atoms with E-state index in [0.29, 0.717) is 22.9 Å². The number of benzene rings is 2. The van der Waals surface area contributed by atoms with E-state index in [4.69, 9.17) is 4.42 Å². The molecule has 10 heteroatoms. The van der Waals surface area contributed by atoms with Crippen LogP contribution in [0, 0.1) is 5.82 Å². The third-order valence-electron chi connectivity index (χ3n) is 5.20. The topological polar surface area (TPSA) is 110 Å². The molecular formula is C25H17FN4O4S. The van der Waals surface area contributed by atoms with Crippen molar-refractivity contribution in [1.29, 1.82) is 0 Å². The second-order valence-corrected chi connectivity index (χ2v) is 8.56. The molecule has 1 fully saturated rings. The van der Waals surface area contributed by atoms with Crippen LogP contribution < -0.4 is 11.0 Å². The number of hydrogen-bond acceptors (Lipinski definition) is 6. The minimum absolute atomic E-state index is 0.286. The lowest BCUT2D eigenvalue weighted by molar-refractivity contribution is -0.115. The van der Waals surface area contributed by atoms with Gasteiger partial charge in [-0.3, -0.25) is 19.5 Å². The number of amides is 2. The Labute approximate surface area is 202 Å². The van der Waals surface area contributed by atoms with E-state index in [1.54, 1.807) is 24.3 Å². The maximum atomic E-state index is 13.2. The summed E-state index contributed by atoms with van der Waals surface area (Å²) in [5.74, 6) is 0.726. The number of aromatic amines is 1. The number of nitrogens with one attached hydrogen (secondary N) is 2. The number of H-pyrrole nitrogens is 1. The van der Waals surface area contributed by atoms with Crippen LogP contribution in [0.2, 0.25) is 0 Å². The Morgan fingerprint density at radius 2 is 1.71 bits per heavy atom. The van der Waals surface area contributed by atoms with E-state index in [0.717, 1.165) is 22.9 Å². The van der Waals surface area contributed by atoms with Crippen molar-refractivity contribution in [2.24, 2.45) is 0 Å². The van der Waals surface area contributed by atoms with Crippen molar-refractivity contribution in [2.45, 2.75) is 6.54 Å². The highest BCUT2D eigenvalue weighted by Gasteiger charge is 2.25. The molecule has 1 aliphatic heterocycles. The quantitative estimate of drug-likeness (QED) is 0.382. The molecule has 3 heterocycles. The standard InChI is InChI=1S/C25H17FN4O4S/c26-18-9-7-17(8-10-18)22-28-29-24(32)30(22)13-1-2-15-3-5-16(6-4-15)20-12-11-19(34-20)14-21-23(31)27-25(33)35-21/h1-12,14H,13H2,(H,29,32)(H,27,31,33). The summed E-state index contributed by atoms with van der Waals surface area (Å²) in [7, 11) is 0. The van der Waals surface area contributed by atoms with Gasteiger partial charge in [-0.15, -0.1) is 0 Å². The zero-order valence-corrected chi connectivity index (χ0v) is 18.8. The molecule has 5 rings (SSSR count). The summed E-state index contributed by atoms with van der Waals surface area (Å²) in [6.07, 6.45) is 5.24. The van der Waals surface area contributed by atoms with Gasteiger partial charge in [0.05, 0.1) is 4.91 Å². The zero-order valence-electron chi connectivity index (χ0n) is 18.0. The van der Waals surface area contributed by atoms with Gasteiger partial charge in [0.25, 0.3) is 11.1 Å². The molecule has 0 aliphatic carbocycles.